The van der Waals surface area contributed by atoms with E-state index < -0.39 is 8.07 Å². The predicted octanol–water partition coefficient (Wildman–Crippen LogP) is 9.78. The van der Waals surface area contributed by atoms with Crippen LogP contribution in [0, 0.1) is 36.3 Å². The molecule has 45 heavy (non-hydrogen) atoms. The minimum Gasteiger partial charge on any atom is -0.305 e. The summed E-state index contributed by atoms with van der Waals surface area (Å²) in [5.41, 5.74) is 9.49. The van der Waals surface area contributed by atoms with E-state index in [9.17, 15) is 0 Å². The van der Waals surface area contributed by atoms with E-state index in [1.54, 1.807) is 11.6 Å². The van der Waals surface area contributed by atoms with Gasteiger partial charge in [-0.1, -0.05) is 69.2 Å². The summed E-state index contributed by atoms with van der Waals surface area (Å²) in [7, 11) is -1.39. The molecule has 2 heterocycles. The Kier molecular flexibility index (Phi) is 11.8. The van der Waals surface area contributed by atoms with Gasteiger partial charge < -0.3 is 9.97 Å². The second-order valence-corrected chi connectivity index (χ2v) is 17.9. The normalized spacial score (nSPS) is 13.6. The van der Waals surface area contributed by atoms with Gasteiger partial charge in [0.2, 0.25) is 0 Å². The number of pyridine rings is 2. The summed E-state index contributed by atoms with van der Waals surface area (Å²) in [5.74, 6) is 1.49. The second-order valence-electron chi connectivity index (χ2n) is 12.9. The SMILES string of the molecule is CC(c1cc(-c2[c-]cccc2)ncc1[Si](C)(C)C)C1CCCC1.Cc1cc(-c2[c-]cccc2)ncc1-c1cccc(C#N)c1.[Ir]. The van der Waals surface area contributed by atoms with E-state index >= 15 is 0 Å². The fourth-order valence-electron chi connectivity index (χ4n) is 6.20. The van der Waals surface area contributed by atoms with Crippen LogP contribution in [0.5, 0.6) is 0 Å². The van der Waals surface area contributed by atoms with Gasteiger partial charge in [0.25, 0.3) is 0 Å². The molecule has 0 N–H and O–H groups in total. The Morgan fingerprint density at radius 3 is 2.00 bits per heavy atom. The molecular weight excluding hydrogens is 743 g/mol. The van der Waals surface area contributed by atoms with Crippen LogP contribution >= 0.6 is 0 Å². The Labute approximate surface area is 284 Å². The maximum atomic E-state index is 9.00. The zero-order valence-corrected chi connectivity index (χ0v) is 30.3. The first-order valence-electron chi connectivity index (χ1n) is 15.7. The van der Waals surface area contributed by atoms with E-state index in [0.717, 1.165) is 45.1 Å². The molecule has 1 aliphatic carbocycles. The number of benzene rings is 3. The minimum absolute atomic E-state index is 0. The van der Waals surface area contributed by atoms with Gasteiger partial charge in [0.05, 0.1) is 19.7 Å². The quantitative estimate of drug-likeness (QED) is 0.127. The van der Waals surface area contributed by atoms with Crippen molar-refractivity contribution in [1.82, 2.24) is 9.97 Å². The topological polar surface area (TPSA) is 49.6 Å². The molecule has 1 radical (unpaired) electrons. The second kappa shape index (κ2) is 15.5. The van der Waals surface area contributed by atoms with Crippen LogP contribution in [0.3, 0.4) is 0 Å². The molecule has 1 aliphatic rings. The molecule has 231 valence electrons. The Hall–Kier alpha value is -3.68. The summed E-state index contributed by atoms with van der Waals surface area (Å²) in [4.78, 5) is 9.32. The van der Waals surface area contributed by atoms with Crippen molar-refractivity contribution in [3.63, 3.8) is 0 Å². The maximum absolute atomic E-state index is 9.00. The summed E-state index contributed by atoms with van der Waals surface area (Å²) >= 11 is 0. The van der Waals surface area contributed by atoms with Crippen molar-refractivity contribution >= 4 is 13.3 Å². The molecule has 1 fully saturated rings. The monoisotopic (exact) mass is 784 g/mol. The van der Waals surface area contributed by atoms with Gasteiger partial charge in [-0.3, -0.25) is 0 Å². The summed E-state index contributed by atoms with van der Waals surface area (Å²) in [5, 5.41) is 10.5. The van der Waals surface area contributed by atoms with Crippen molar-refractivity contribution in [2.24, 2.45) is 5.92 Å². The van der Waals surface area contributed by atoms with E-state index in [-0.39, 0.29) is 20.1 Å². The molecule has 0 aliphatic heterocycles. The summed E-state index contributed by atoms with van der Waals surface area (Å²) in [6.45, 7) is 11.8. The number of hydrogen-bond donors (Lipinski definition) is 0. The largest absolute Gasteiger partial charge is 0.305 e. The Balaban J connectivity index is 0.000000201. The van der Waals surface area contributed by atoms with Crippen molar-refractivity contribution in [2.45, 2.75) is 65.1 Å². The van der Waals surface area contributed by atoms with Gasteiger partial charge >= 0.3 is 0 Å². The standard InChI is InChI=1S/C21H28NSi.C19H13N2.Ir/c1-16(17-10-8-9-11-17)19-14-20(18-12-6-5-7-13-18)22-15-21(19)23(2,3)4;1-14-10-19(16-7-3-2-4-8-16)21-13-18(14)17-9-5-6-15(11-17)12-20;/h5-7,12,14-17H,8-11H2,1-4H3;2-7,9-11,13H,1H3;/q2*-1;. The zero-order valence-electron chi connectivity index (χ0n) is 26.9. The average molecular weight is 784 g/mol. The molecule has 5 heteroatoms. The van der Waals surface area contributed by atoms with Crippen molar-refractivity contribution in [2.75, 3.05) is 0 Å². The van der Waals surface area contributed by atoms with E-state index in [4.69, 9.17) is 10.2 Å². The molecule has 1 unspecified atom stereocenters. The van der Waals surface area contributed by atoms with Gasteiger partial charge in [0.15, 0.2) is 0 Å². The molecule has 0 saturated heterocycles. The van der Waals surface area contributed by atoms with Gasteiger partial charge in [0.1, 0.15) is 0 Å². The average Bonchev–Trinajstić information content (AvgIpc) is 3.60. The minimum atomic E-state index is -1.39. The number of nitriles is 1. The van der Waals surface area contributed by atoms with Crippen molar-refractivity contribution in [1.29, 1.82) is 5.26 Å². The van der Waals surface area contributed by atoms with Gasteiger partial charge in [0, 0.05) is 38.1 Å². The summed E-state index contributed by atoms with van der Waals surface area (Å²) in [6, 6.07) is 36.7. The molecule has 1 atom stereocenters. The number of hydrogen-bond acceptors (Lipinski definition) is 3. The molecule has 6 rings (SSSR count). The molecule has 1 saturated carbocycles. The molecule has 0 spiro atoms. The van der Waals surface area contributed by atoms with Crippen molar-refractivity contribution in [3.8, 4) is 39.7 Å². The summed E-state index contributed by atoms with van der Waals surface area (Å²) in [6.07, 6.45) is 9.62. The third-order valence-electron chi connectivity index (χ3n) is 8.72. The Bertz CT molecular complexity index is 1730. The number of aryl methyl sites for hydroxylation is 1. The third-order valence-corrected chi connectivity index (χ3v) is 10.8. The van der Waals surface area contributed by atoms with Gasteiger partial charge in [-0.25, -0.2) is 0 Å². The molecular formula is C40H41IrN3Si-2. The van der Waals surface area contributed by atoms with Crippen LogP contribution in [-0.2, 0) is 20.1 Å². The fraction of sp³-hybridized carbons (Fsp3) is 0.275. The predicted molar refractivity (Wildman–Crippen MR) is 185 cm³/mol. The number of rotatable bonds is 6. The van der Waals surface area contributed by atoms with Crippen molar-refractivity contribution in [3.05, 3.63) is 126 Å². The van der Waals surface area contributed by atoms with Crippen LogP contribution in [0.25, 0.3) is 33.6 Å². The molecule has 0 bridgehead atoms. The Morgan fingerprint density at radius 1 is 0.822 bits per heavy atom. The van der Waals surface area contributed by atoms with Crippen LogP contribution in [0.1, 0.15) is 55.2 Å². The van der Waals surface area contributed by atoms with E-state index in [1.165, 1.54) is 30.9 Å². The van der Waals surface area contributed by atoms with Crippen LogP contribution in [0.15, 0.2) is 97.3 Å². The molecule has 0 amide bonds. The van der Waals surface area contributed by atoms with E-state index in [2.05, 4.69) is 87.1 Å². The van der Waals surface area contributed by atoms with Crippen LogP contribution < -0.4 is 5.19 Å². The van der Waals surface area contributed by atoms with Gasteiger partial charge in [-0.2, -0.15) is 5.26 Å². The smallest absolute Gasteiger partial charge is 0.0991 e. The molecule has 5 aromatic rings. The fourth-order valence-corrected chi connectivity index (χ4v) is 7.82. The molecule has 3 aromatic carbocycles. The number of nitrogens with zero attached hydrogens (tertiary/aromatic N) is 3. The number of aromatic nitrogens is 2. The maximum Gasteiger partial charge on any atom is 0.0991 e. The van der Waals surface area contributed by atoms with Crippen LogP contribution in [0.4, 0.5) is 0 Å². The molecule has 3 nitrogen and oxygen atoms in total. The first kappa shape index (κ1) is 34.2. The Morgan fingerprint density at radius 2 is 1.44 bits per heavy atom. The zero-order chi connectivity index (χ0) is 31.1. The van der Waals surface area contributed by atoms with Crippen molar-refractivity contribution < 1.29 is 20.1 Å². The van der Waals surface area contributed by atoms with E-state index in [1.807, 2.05) is 60.8 Å². The first-order chi connectivity index (χ1) is 21.2. The van der Waals surface area contributed by atoms with Crippen LogP contribution in [-0.4, -0.2) is 18.0 Å². The van der Waals surface area contributed by atoms with E-state index in [0.29, 0.717) is 11.5 Å². The van der Waals surface area contributed by atoms with Crippen LogP contribution in [0.2, 0.25) is 19.6 Å². The molecule has 2 aromatic heterocycles. The van der Waals surface area contributed by atoms with Gasteiger partial charge in [-0.15, -0.1) is 71.8 Å². The first-order valence-corrected chi connectivity index (χ1v) is 19.2. The summed E-state index contributed by atoms with van der Waals surface area (Å²) < 4.78 is 0. The van der Waals surface area contributed by atoms with Gasteiger partial charge in [-0.05, 0) is 71.4 Å². The third kappa shape index (κ3) is 8.53.